The Morgan fingerprint density at radius 3 is 2.32 bits per heavy atom. The van der Waals surface area contributed by atoms with Gasteiger partial charge in [-0.25, -0.2) is 0 Å². The predicted octanol–water partition coefficient (Wildman–Crippen LogP) is 1.52. The van der Waals surface area contributed by atoms with E-state index in [0.29, 0.717) is 44.9 Å². The first-order valence-electron chi connectivity index (χ1n) is 9.56. The van der Waals surface area contributed by atoms with Crippen molar-refractivity contribution in [2.24, 2.45) is 11.8 Å². The van der Waals surface area contributed by atoms with Gasteiger partial charge in [-0.2, -0.15) is 0 Å². The fourth-order valence-electron chi connectivity index (χ4n) is 3.59. The first-order valence-corrected chi connectivity index (χ1v) is 9.56. The molecule has 0 radical (unpaired) electrons. The molecule has 4 rings (SSSR count). The van der Waals surface area contributed by atoms with Crippen LogP contribution in [0.15, 0.2) is 53.1 Å². The van der Waals surface area contributed by atoms with Crippen LogP contribution in [0.25, 0.3) is 0 Å². The maximum Gasteiger partial charge on any atom is 0.289 e. The smallest absolute Gasteiger partial charge is 0.289 e. The van der Waals surface area contributed by atoms with Crippen LogP contribution in [0.2, 0.25) is 0 Å². The Morgan fingerprint density at radius 1 is 0.929 bits per heavy atom. The summed E-state index contributed by atoms with van der Waals surface area (Å²) in [6.07, 6.45) is 2.08. The second-order valence-electron chi connectivity index (χ2n) is 7.25. The molecule has 2 aliphatic rings. The zero-order valence-corrected chi connectivity index (χ0v) is 15.5. The molecule has 2 atom stereocenters. The van der Waals surface area contributed by atoms with E-state index in [4.69, 9.17) is 4.42 Å². The highest BCUT2D eigenvalue weighted by molar-refractivity contribution is 5.93. The van der Waals surface area contributed by atoms with Gasteiger partial charge in [0.2, 0.25) is 11.8 Å². The van der Waals surface area contributed by atoms with E-state index in [1.807, 2.05) is 30.3 Å². The number of amides is 3. The zero-order valence-electron chi connectivity index (χ0n) is 15.5. The third kappa shape index (κ3) is 3.93. The predicted molar refractivity (Wildman–Crippen MR) is 101 cm³/mol. The lowest BCUT2D eigenvalue weighted by molar-refractivity contribution is -0.136. The molecule has 0 bridgehead atoms. The minimum atomic E-state index is -0.237. The van der Waals surface area contributed by atoms with Crippen molar-refractivity contribution in [1.82, 2.24) is 15.1 Å². The Hall–Kier alpha value is -3.09. The van der Waals surface area contributed by atoms with Crippen LogP contribution >= 0.6 is 0 Å². The van der Waals surface area contributed by atoms with Crippen molar-refractivity contribution in [1.29, 1.82) is 0 Å². The Kier molecular flexibility index (Phi) is 5.14. The maximum absolute atomic E-state index is 12.7. The van der Waals surface area contributed by atoms with Crippen LogP contribution in [-0.4, -0.2) is 53.7 Å². The number of rotatable bonds is 5. The monoisotopic (exact) mass is 381 g/mol. The average Bonchev–Trinajstić information content (AvgIpc) is 3.36. The van der Waals surface area contributed by atoms with E-state index in [1.54, 1.807) is 21.9 Å². The summed E-state index contributed by atoms with van der Waals surface area (Å²) in [5.74, 6) is -0.348. The van der Waals surface area contributed by atoms with E-state index in [2.05, 4.69) is 5.32 Å². The first-order chi connectivity index (χ1) is 13.6. The molecule has 1 saturated carbocycles. The molecule has 1 saturated heterocycles. The SMILES string of the molecule is O=C(NCc1ccccc1)C1CC1C(=O)N1CCN(C(=O)c2ccco2)CC1. The lowest BCUT2D eigenvalue weighted by Gasteiger charge is -2.34. The van der Waals surface area contributed by atoms with Gasteiger partial charge in [-0.3, -0.25) is 14.4 Å². The molecule has 0 spiro atoms. The van der Waals surface area contributed by atoms with Gasteiger partial charge in [0.1, 0.15) is 0 Å². The van der Waals surface area contributed by atoms with Gasteiger partial charge in [0.15, 0.2) is 5.76 Å². The molecule has 1 aliphatic carbocycles. The van der Waals surface area contributed by atoms with E-state index < -0.39 is 0 Å². The van der Waals surface area contributed by atoms with Crippen LogP contribution in [-0.2, 0) is 16.1 Å². The average molecular weight is 381 g/mol. The molecular weight excluding hydrogens is 358 g/mol. The molecule has 1 aromatic carbocycles. The fourth-order valence-corrected chi connectivity index (χ4v) is 3.59. The number of nitrogens with zero attached hydrogens (tertiary/aromatic N) is 2. The second-order valence-corrected chi connectivity index (χ2v) is 7.25. The highest BCUT2D eigenvalue weighted by Gasteiger charge is 2.49. The Balaban J connectivity index is 1.23. The van der Waals surface area contributed by atoms with E-state index in [1.165, 1.54) is 6.26 Å². The van der Waals surface area contributed by atoms with Crippen LogP contribution < -0.4 is 5.32 Å². The van der Waals surface area contributed by atoms with E-state index in [0.717, 1.165) is 5.56 Å². The minimum Gasteiger partial charge on any atom is -0.459 e. The quantitative estimate of drug-likeness (QED) is 0.851. The molecule has 1 aromatic heterocycles. The molecule has 2 fully saturated rings. The summed E-state index contributed by atoms with van der Waals surface area (Å²) in [5, 5.41) is 2.91. The van der Waals surface area contributed by atoms with Crippen molar-refractivity contribution < 1.29 is 18.8 Å². The Bertz CT molecular complexity index is 842. The number of carbonyl (C=O) groups is 3. The van der Waals surface area contributed by atoms with Crippen LogP contribution in [0.5, 0.6) is 0 Å². The largest absolute Gasteiger partial charge is 0.459 e. The molecule has 3 amide bonds. The number of furan rings is 1. The summed E-state index contributed by atoms with van der Waals surface area (Å²) in [7, 11) is 0. The summed E-state index contributed by atoms with van der Waals surface area (Å²) in [5.41, 5.74) is 1.04. The van der Waals surface area contributed by atoms with Gasteiger partial charge in [-0.15, -0.1) is 0 Å². The van der Waals surface area contributed by atoms with Gasteiger partial charge >= 0.3 is 0 Å². The van der Waals surface area contributed by atoms with Gasteiger partial charge in [0, 0.05) is 32.7 Å². The standard InChI is InChI=1S/C21H23N3O4/c25-19(22-14-15-5-2-1-3-6-15)16-13-17(16)20(26)23-8-10-24(11-9-23)21(27)18-7-4-12-28-18/h1-7,12,16-17H,8-11,13-14H2,(H,22,25). The summed E-state index contributed by atoms with van der Waals surface area (Å²) in [6, 6.07) is 13.0. The van der Waals surface area contributed by atoms with Crippen LogP contribution in [0, 0.1) is 11.8 Å². The number of piperazine rings is 1. The number of benzene rings is 1. The van der Waals surface area contributed by atoms with Crippen LogP contribution in [0.3, 0.4) is 0 Å². The summed E-state index contributed by atoms with van der Waals surface area (Å²) in [6.45, 7) is 2.40. The molecule has 2 aromatic rings. The van der Waals surface area contributed by atoms with Crippen molar-refractivity contribution in [3.63, 3.8) is 0 Å². The lowest BCUT2D eigenvalue weighted by atomic mass is 10.2. The van der Waals surface area contributed by atoms with E-state index in [-0.39, 0.29) is 29.6 Å². The summed E-state index contributed by atoms with van der Waals surface area (Å²) >= 11 is 0. The van der Waals surface area contributed by atoms with Crippen molar-refractivity contribution in [2.45, 2.75) is 13.0 Å². The topological polar surface area (TPSA) is 82.9 Å². The van der Waals surface area contributed by atoms with Gasteiger partial charge in [0.25, 0.3) is 5.91 Å². The van der Waals surface area contributed by atoms with Crippen molar-refractivity contribution in [2.75, 3.05) is 26.2 Å². The normalized spacial score (nSPS) is 21.3. The third-order valence-corrected chi connectivity index (χ3v) is 5.36. The third-order valence-electron chi connectivity index (χ3n) is 5.36. The van der Waals surface area contributed by atoms with Crippen LogP contribution in [0.4, 0.5) is 0 Å². The molecule has 7 nitrogen and oxygen atoms in total. The maximum atomic E-state index is 12.7. The molecule has 146 valence electrons. The van der Waals surface area contributed by atoms with Crippen molar-refractivity contribution in [3.05, 3.63) is 60.1 Å². The fraction of sp³-hybridized carbons (Fsp3) is 0.381. The number of nitrogens with one attached hydrogen (secondary N) is 1. The Labute approximate surface area is 163 Å². The summed E-state index contributed by atoms with van der Waals surface area (Å²) in [4.78, 5) is 40.7. The van der Waals surface area contributed by atoms with Gasteiger partial charge in [-0.05, 0) is 24.1 Å². The highest BCUT2D eigenvalue weighted by atomic mass is 16.3. The molecule has 1 N–H and O–H groups in total. The van der Waals surface area contributed by atoms with Crippen molar-refractivity contribution >= 4 is 17.7 Å². The van der Waals surface area contributed by atoms with Crippen LogP contribution in [0.1, 0.15) is 22.5 Å². The van der Waals surface area contributed by atoms with E-state index in [9.17, 15) is 14.4 Å². The number of carbonyl (C=O) groups excluding carboxylic acids is 3. The Morgan fingerprint density at radius 2 is 1.64 bits per heavy atom. The van der Waals surface area contributed by atoms with Gasteiger partial charge < -0.3 is 19.5 Å². The first kappa shape index (κ1) is 18.3. The zero-order chi connectivity index (χ0) is 19.5. The highest BCUT2D eigenvalue weighted by Crippen LogP contribution is 2.40. The molecule has 7 heteroatoms. The van der Waals surface area contributed by atoms with Crippen molar-refractivity contribution in [3.8, 4) is 0 Å². The summed E-state index contributed by atoms with van der Waals surface area (Å²) < 4.78 is 5.15. The molecule has 28 heavy (non-hydrogen) atoms. The molecular formula is C21H23N3O4. The number of hydrogen-bond donors (Lipinski definition) is 1. The number of hydrogen-bond acceptors (Lipinski definition) is 4. The molecule has 2 heterocycles. The molecule has 1 aliphatic heterocycles. The second kappa shape index (κ2) is 7.88. The van der Waals surface area contributed by atoms with E-state index >= 15 is 0 Å². The van der Waals surface area contributed by atoms with Gasteiger partial charge in [-0.1, -0.05) is 30.3 Å². The lowest BCUT2D eigenvalue weighted by Crippen LogP contribution is -2.51. The van der Waals surface area contributed by atoms with Gasteiger partial charge in [0.05, 0.1) is 18.1 Å². The minimum absolute atomic E-state index is 0.0185. The molecule has 2 unspecified atom stereocenters.